The molecule has 0 unspecified atom stereocenters. The molecule has 1 amide bonds. The molecule has 6 nitrogen and oxygen atoms in total. The molecule has 54 valence electrons. The third-order valence-electron chi connectivity index (χ3n) is 1.05. The minimum atomic E-state index is -0.605. The zero-order valence-electron chi connectivity index (χ0n) is 5.48. The first kappa shape index (κ1) is 6.66. The Morgan fingerprint density at radius 1 is 1.80 bits per heavy atom. The van der Waals surface area contributed by atoms with Crippen molar-refractivity contribution in [2.75, 3.05) is 0 Å². The van der Waals surface area contributed by atoms with Gasteiger partial charge in [-0.2, -0.15) is 0 Å². The molecule has 0 fully saturated rings. The molecule has 1 rings (SSSR count). The van der Waals surface area contributed by atoms with Crippen LogP contribution in [0.1, 0.15) is 17.5 Å². The number of tetrazole rings is 1. The largest absolute Gasteiger partial charge is 0.363 e. The van der Waals surface area contributed by atoms with Gasteiger partial charge in [0.25, 0.3) is 5.91 Å². The fourth-order valence-electron chi connectivity index (χ4n) is 0.594. The maximum Gasteiger partial charge on any atom is 0.288 e. The topological polar surface area (TPSA) is 86.7 Å². The Bertz CT molecular complexity index is 242. The number of carbonyl (C=O) groups is 1. The number of hydrogen-bond acceptors (Lipinski definition) is 4. The second-order valence-electron chi connectivity index (χ2n) is 1.68. The van der Waals surface area contributed by atoms with Gasteiger partial charge in [0.2, 0.25) is 5.82 Å². The highest BCUT2D eigenvalue weighted by atomic mass is 16.1. The van der Waals surface area contributed by atoms with Gasteiger partial charge in [-0.05, 0) is 17.4 Å². The van der Waals surface area contributed by atoms with E-state index in [2.05, 4.69) is 15.5 Å². The standard InChI is InChI=1S/C4H7N5O/c1-2-9-4(3(5)10)6-7-8-9/h2H2,1H3,(H2,5,10). The summed E-state index contributed by atoms with van der Waals surface area (Å²) in [7, 11) is 0. The Kier molecular flexibility index (Phi) is 1.61. The van der Waals surface area contributed by atoms with Gasteiger partial charge in [-0.1, -0.05) is 0 Å². The first-order chi connectivity index (χ1) is 4.75. The van der Waals surface area contributed by atoms with E-state index in [1.807, 2.05) is 6.92 Å². The predicted molar refractivity (Wildman–Crippen MR) is 32.0 cm³/mol. The van der Waals surface area contributed by atoms with Gasteiger partial charge < -0.3 is 5.73 Å². The fraction of sp³-hybridized carbons (Fsp3) is 0.500. The van der Waals surface area contributed by atoms with E-state index in [1.54, 1.807) is 0 Å². The smallest absolute Gasteiger partial charge is 0.288 e. The number of nitrogens with two attached hydrogens (primary N) is 1. The van der Waals surface area contributed by atoms with E-state index in [0.717, 1.165) is 0 Å². The molecule has 0 radical (unpaired) electrons. The van der Waals surface area contributed by atoms with Crippen molar-refractivity contribution in [1.29, 1.82) is 0 Å². The molecule has 0 saturated heterocycles. The normalized spacial score (nSPS) is 9.70. The van der Waals surface area contributed by atoms with Crippen LogP contribution in [0, 0.1) is 0 Å². The number of amides is 1. The van der Waals surface area contributed by atoms with Crippen molar-refractivity contribution in [3.8, 4) is 0 Å². The lowest BCUT2D eigenvalue weighted by Crippen LogP contribution is -2.18. The van der Waals surface area contributed by atoms with E-state index in [-0.39, 0.29) is 5.82 Å². The third kappa shape index (κ3) is 0.949. The Labute approximate surface area is 57.0 Å². The summed E-state index contributed by atoms with van der Waals surface area (Å²) < 4.78 is 1.34. The van der Waals surface area contributed by atoms with Crippen LogP contribution in [-0.2, 0) is 6.54 Å². The molecule has 1 aromatic rings. The highest BCUT2D eigenvalue weighted by Gasteiger charge is 2.08. The van der Waals surface area contributed by atoms with Crippen LogP contribution in [0.4, 0.5) is 0 Å². The first-order valence-corrected chi connectivity index (χ1v) is 2.81. The fourth-order valence-corrected chi connectivity index (χ4v) is 0.594. The number of aromatic nitrogens is 4. The summed E-state index contributed by atoms with van der Waals surface area (Å²) in [5.74, 6) is -0.505. The molecule has 0 saturated carbocycles. The van der Waals surface area contributed by atoms with E-state index in [4.69, 9.17) is 5.73 Å². The molecule has 0 aliphatic rings. The van der Waals surface area contributed by atoms with E-state index >= 15 is 0 Å². The van der Waals surface area contributed by atoms with Crippen LogP contribution < -0.4 is 5.73 Å². The Morgan fingerprint density at radius 3 is 2.90 bits per heavy atom. The lowest BCUT2D eigenvalue weighted by molar-refractivity contribution is 0.0985. The number of nitrogens with zero attached hydrogens (tertiary/aromatic N) is 4. The van der Waals surface area contributed by atoms with Crippen molar-refractivity contribution < 1.29 is 4.79 Å². The first-order valence-electron chi connectivity index (χ1n) is 2.81. The average molecular weight is 141 g/mol. The average Bonchev–Trinajstić information content (AvgIpc) is 2.33. The van der Waals surface area contributed by atoms with Crippen molar-refractivity contribution in [3.05, 3.63) is 5.82 Å². The Hall–Kier alpha value is -1.46. The summed E-state index contributed by atoms with van der Waals surface area (Å²) in [6, 6.07) is 0. The van der Waals surface area contributed by atoms with Crippen molar-refractivity contribution in [2.24, 2.45) is 5.73 Å². The molecular formula is C4H7N5O. The van der Waals surface area contributed by atoms with Crippen molar-refractivity contribution in [2.45, 2.75) is 13.5 Å². The third-order valence-corrected chi connectivity index (χ3v) is 1.05. The molecule has 0 spiro atoms. The number of hydrogen-bond donors (Lipinski definition) is 1. The summed E-state index contributed by atoms with van der Waals surface area (Å²) >= 11 is 0. The van der Waals surface area contributed by atoms with E-state index in [1.165, 1.54) is 4.68 Å². The van der Waals surface area contributed by atoms with Crippen molar-refractivity contribution in [1.82, 2.24) is 20.2 Å². The number of aryl methyl sites for hydroxylation is 1. The summed E-state index contributed by atoms with van der Waals surface area (Å²) in [6.07, 6.45) is 0. The molecule has 0 atom stereocenters. The van der Waals surface area contributed by atoms with E-state index in [0.29, 0.717) is 6.54 Å². The summed E-state index contributed by atoms with van der Waals surface area (Å²) in [4.78, 5) is 10.5. The molecule has 10 heavy (non-hydrogen) atoms. The Morgan fingerprint density at radius 2 is 2.50 bits per heavy atom. The van der Waals surface area contributed by atoms with Crippen LogP contribution in [0.3, 0.4) is 0 Å². The Balaban J connectivity index is 3.01. The lowest BCUT2D eigenvalue weighted by Gasteiger charge is -1.93. The zero-order valence-corrected chi connectivity index (χ0v) is 5.48. The van der Waals surface area contributed by atoms with Crippen molar-refractivity contribution >= 4 is 5.91 Å². The monoisotopic (exact) mass is 141 g/mol. The summed E-state index contributed by atoms with van der Waals surface area (Å²) in [5.41, 5.74) is 4.93. The maximum atomic E-state index is 10.5. The molecule has 0 aliphatic heterocycles. The number of carbonyl (C=O) groups excluding carboxylic acids is 1. The van der Waals surface area contributed by atoms with Gasteiger partial charge in [0, 0.05) is 6.54 Å². The summed E-state index contributed by atoms with van der Waals surface area (Å²) in [5, 5.41) is 10.2. The van der Waals surface area contributed by atoms with Crippen LogP contribution in [0.2, 0.25) is 0 Å². The van der Waals surface area contributed by atoms with Gasteiger partial charge in [-0.25, -0.2) is 4.68 Å². The van der Waals surface area contributed by atoms with Gasteiger partial charge in [-0.3, -0.25) is 4.79 Å². The van der Waals surface area contributed by atoms with Crippen LogP contribution in [-0.4, -0.2) is 26.1 Å². The summed E-state index contributed by atoms with van der Waals surface area (Å²) in [6.45, 7) is 2.37. The SMILES string of the molecule is CCn1nnnc1C(N)=O. The molecule has 6 heteroatoms. The molecule has 1 aromatic heterocycles. The van der Waals surface area contributed by atoms with Gasteiger partial charge in [0.1, 0.15) is 0 Å². The molecule has 0 bridgehead atoms. The maximum absolute atomic E-state index is 10.5. The van der Waals surface area contributed by atoms with Crippen molar-refractivity contribution in [3.63, 3.8) is 0 Å². The van der Waals surface area contributed by atoms with Crippen LogP contribution in [0.25, 0.3) is 0 Å². The highest BCUT2D eigenvalue weighted by molar-refractivity contribution is 5.88. The van der Waals surface area contributed by atoms with E-state index in [9.17, 15) is 4.79 Å². The van der Waals surface area contributed by atoms with Gasteiger partial charge in [0.15, 0.2) is 0 Å². The molecular weight excluding hydrogens is 134 g/mol. The lowest BCUT2D eigenvalue weighted by atomic mass is 10.6. The quantitative estimate of drug-likeness (QED) is 0.560. The minimum absolute atomic E-state index is 0.0995. The second kappa shape index (κ2) is 2.42. The van der Waals surface area contributed by atoms with Gasteiger partial charge >= 0.3 is 0 Å². The zero-order chi connectivity index (χ0) is 7.56. The van der Waals surface area contributed by atoms with Gasteiger partial charge in [-0.15, -0.1) is 5.10 Å². The van der Waals surface area contributed by atoms with Crippen LogP contribution in [0.5, 0.6) is 0 Å². The van der Waals surface area contributed by atoms with Gasteiger partial charge in [0.05, 0.1) is 0 Å². The van der Waals surface area contributed by atoms with Crippen LogP contribution >= 0.6 is 0 Å². The minimum Gasteiger partial charge on any atom is -0.363 e. The number of primary amides is 1. The molecule has 1 heterocycles. The highest BCUT2D eigenvalue weighted by Crippen LogP contribution is 1.87. The second-order valence-corrected chi connectivity index (χ2v) is 1.68. The van der Waals surface area contributed by atoms with E-state index < -0.39 is 5.91 Å². The van der Waals surface area contributed by atoms with Crippen LogP contribution in [0.15, 0.2) is 0 Å². The molecule has 0 aromatic carbocycles. The molecule has 0 aliphatic carbocycles. The molecule has 2 N–H and O–H groups in total. The predicted octanol–water partition coefficient (Wildman–Crippen LogP) is -1.21. The number of rotatable bonds is 2.